The predicted octanol–water partition coefficient (Wildman–Crippen LogP) is 2.04. The van der Waals surface area contributed by atoms with Crippen molar-refractivity contribution in [3.8, 4) is 11.3 Å². The van der Waals surface area contributed by atoms with Gasteiger partial charge in [0, 0.05) is 30.8 Å². The highest BCUT2D eigenvalue weighted by molar-refractivity contribution is 5.76. The van der Waals surface area contributed by atoms with E-state index in [9.17, 15) is 8.78 Å². The molecule has 7 heteroatoms. The first-order valence-electron chi connectivity index (χ1n) is 6.19. The molecular formula is C13H13F2N3O2. The Morgan fingerprint density at radius 1 is 1.10 bits per heavy atom. The largest absolute Gasteiger partial charge is 0.381 e. The lowest BCUT2D eigenvalue weighted by atomic mass is 10.1. The van der Waals surface area contributed by atoms with E-state index in [0.717, 1.165) is 12.1 Å². The first-order chi connectivity index (χ1) is 9.65. The summed E-state index contributed by atoms with van der Waals surface area (Å²) in [5, 5.41) is 3.57. The molecule has 2 heterocycles. The van der Waals surface area contributed by atoms with Crippen molar-refractivity contribution in [3.05, 3.63) is 29.8 Å². The Bertz CT molecular complexity index is 624. The maximum atomic E-state index is 13.5. The third kappa shape index (κ3) is 2.32. The number of halogens is 2. The molecule has 3 rings (SSSR count). The second-order valence-electron chi connectivity index (χ2n) is 4.50. The van der Waals surface area contributed by atoms with Crippen LogP contribution in [0.4, 0.5) is 20.3 Å². The number of ether oxygens (including phenoxy) is 1. The molecule has 1 saturated heterocycles. The molecule has 0 spiro atoms. The Kier molecular flexibility index (Phi) is 3.27. The van der Waals surface area contributed by atoms with Gasteiger partial charge in [-0.15, -0.1) is 0 Å². The molecule has 0 atom stereocenters. The van der Waals surface area contributed by atoms with Crippen LogP contribution in [0.3, 0.4) is 0 Å². The van der Waals surface area contributed by atoms with Gasteiger partial charge in [0.2, 0.25) is 0 Å². The molecule has 0 amide bonds. The van der Waals surface area contributed by atoms with Gasteiger partial charge in [-0.2, -0.15) is 0 Å². The molecule has 1 aliphatic heterocycles. The van der Waals surface area contributed by atoms with Crippen LogP contribution in [0, 0.1) is 11.6 Å². The summed E-state index contributed by atoms with van der Waals surface area (Å²) in [5.41, 5.74) is 6.48. The van der Waals surface area contributed by atoms with Gasteiger partial charge in [0.05, 0.1) is 18.9 Å². The molecule has 106 valence electrons. The molecule has 0 radical (unpaired) electrons. The molecule has 1 aromatic carbocycles. The minimum atomic E-state index is -0.938. The van der Waals surface area contributed by atoms with Crippen LogP contribution in [-0.4, -0.2) is 31.5 Å². The molecule has 0 saturated carbocycles. The van der Waals surface area contributed by atoms with E-state index in [1.165, 1.54) is 6.07 Å². The van der Waals surface area contributed by atoms with E-state index in [-0.39, 0.29) is 5.82 Å². The van der Waals surface area contributed by atoms with Gasteiger partial charge in [0.15, 0.2) is 23.2 Å². The Morgan fingerprint density at radius 2 is 1.80 bits per heavy atom. The standard InChI is InChI=1S/C13H13F2N3O2/c14-9-5-8(12-7-13(16)17-20-12)11(6-10(9)15)18-1-3-19-4-2-18/h5-7H,1-4H2,(H2,16,17). The summed E-state index contributed by atoms with van der Waals surface area (Å²) < 4.78 is 37.4. The van der Waals surface area contributed by atoms with Gasteiger partial charge in [-0.1, -0.05) is 5.16 Å². The fourth-order valence-electron chi connectivity index (χ4n) is 2.22. The number of benzene rings is 1. The number of nitrogens with zero attached hydrogens (tertiary/aromatic N) is 2. The van der Waals surface area contributed by atoms with E-state index < -0.39 is 11.6 Å². The van der Waals surface area contributed by atoms with Gasteiger partial charge in [0.25, 0.3) is 0 Å². The topological polar surface area (TPSA) is 64.5 Å². The van der Waals surface area contributed by atoms with Crippen molar-refractivity contribution >= 4 is 11.5 Å². The quantitative estimate of drug-likeness (QED) is 0.912. The minimum Gasteiger partial charge on any atom is -0.381 e. The molecule has 1 aromatic heterocycles. The van der Waals surface area contributed by atoms with E-state index in [2.05, 4.69) is 5.16 Å². The second kappa shape index (κ2) is 5.09. The average Bonchev–Trinajstić information content (AvgIpc) is 2.89. The average molecular weight is 281 g/mol. The number of hydrogen-bond acceptors (Lipinski definition) is 5. The molecule has 2 aromatic rings. The normalized spacial score (nSPS) is 15.6. The fourth-order valence-corrected chi connectivity index (χ4v) is 2.22. The third-order valence-corrected chi connectivity index (χ3v) is 3.18. The van der Waals surface area contributed by atoms with Crippen molar-refractivity contribution in [2.75, 3.05) is 36.9 Å². The van der Waals surface area contributed by atoms with Crippen LogP contribution in [0.5, 0.6) is 0 Å². The van der Waals surface area contributed by atoms with Crippen LogP contribution in [0.25, 0.3) is 11.3 Å². The van der Waals surface area contributed by atoms with Gasteiger partial charge in [-0.3, -0.25) is 0 Å². The van der Waals surface area contributed by atoms with Gasteiger partial charge < -0.3 is 19.9 Å². The van der Waals surface area contributed by atoms with Crippen molar-refractivity contribution in [1.29, 1.82) is 0 Å². The van der Waals surface area contributed by atoms with E-state index in [4.69, 9.17) is 15.0 Å². The van der Waals surface area contributed by atoms with Crippen LogP contribution in [0.2, 0.25) is 0 Å². The summed E-state index contributed by atoms with van der Waals surface area (Å²) in [6.07, 6.45) is 0. The van der Waals surface area contributed by atoms with E-state index >= 15 is 0 Å². The summed E-state index contributed by atoms with van der Waals surface area (Å²) in [5.74, 6) is -1.34. The zero-order chi connectivity index (χ0) is 14.1. The van der Waals surface area contributed by atoms with Crippen molar-refractivity contribution < 1.29 is 18.0 Å². The molecule has 0 bridgehead atoms. The molecule has 0 aliphatic carbocycles. The summed E-state index contributed by atoms with van der Waals surface area (Å²) in [6, 6.07) is 3.74. The van der Waals surface area contributed by atoms with Crippen molar-refractivity contribution in [1.82, 2.24) is 5.16 Å². The maximum absolute atomic E-state index is 13.5. The lowest BCUT2D eigenvalue weighted by molar-refractivity contribution is 0.122. The molecule has 1 fully saturated rings. The van der Waals surface area contributed by atoms with E-state index in [0.29, 0.717) is 43.3 Å². The monoisotopic (exact) mass is 281 g/mol. The Hall–Kier alpha value is -2.15. The highest BCUT2D eigenvalue weighted by Crippen LogP contribution is 2.34. The van der Waals surface area contributed by atoms with Crippen molar-refractivity contribution in [2.45, 2.75) is 0 Å². The van der Waals surface area contributed by atoms with Crippen molar-refractivity contribution in [2.24, 2.45) is 0 Å². The third-order valence-electron chi connectivity index (χ3n) is 3.18. The van der Waals surface area contributed by atoms with E-state index in [1.807, 2.05) is 4.90 Å². The Balaban J connectivity index is 2.08. The second-order valence-corrected chi connectivity index (χ2v) is 4.50. The highest BCUT2D eigenvalue weighted by Gasteiger charge is 2.21. The summed E-state index contributed by atoms with van der Waals surface area (Å²) >= 11 is 0. The first kappa shape index (κ1) is 12.9. The zero-order valence-corrected chi connectivity index (χ0v) is 10.6. The number of anilines is 2. The first-order valence-corrected chi connectivity index (χ1v) is 6.19. The Morgan fingerprint density at radius 3 is 2.45 bits per heavy atom. The van der Waals surface area contributed by atoms with Gasteiger partial charge >= 0.3 is 0 Å². The zero-order valence-electron chi connectivity index (χ0n) is 10.6. The smallest absolute Gasteiger partial charge is 0.171 e. The number of hydrogen-bond donors (Lipinski definition) is 1. The van der Waals surface area contributed by atoms with Crippen LogP contribution >= 0.6 is 0 Å². The number of rotatable bonds is 2. The van der Waals surface area contributed by atoms with Crippen molar-refractivity contribution in [3.63, 3.8) is 0 Å². The molecular weight excluding hydrogens is 268 g/mol. The van der Waals surface area contributed by atoms with Gasteiger partial charge in [0.1, 0.15) is 0 Å². The summed E-state index contributed by atoms with van der Waals surface area (Å²) in [7, 11) is 0. The van der Waals surface area contributed by atoms with Gasteiger partial charge in [-0.25, -0.2) is 8.78 Å². The molecule has 2 N–H and O–H groups in total. The lowest BCUT2D eigenvalue weighted by Crippen LogP contribution is -2.36. The molecule has 0 unspecified atom stereocenters. The van der Waals surface area contributed by atoms with Crippen LogP contribution in [0.15, 0.2) is 22.7 Å². The molecule has 20 heavy (non-hydrogen) atoms. The lowest BCUT2D eigenvalue weighted by Gasteiger charge is -2.30. The highest BCUT2D eigenvalue weighted by atomic mass is 19.2. The summed E-state index contributed by atoms with van der Waals surface area (Å²) in [6.45, 7) is 2.28. The predicted molar refractivity (Wildman–Crippen MR) is 69.3 cm³/mol. The van der Waals surface area contributed by atoms with Crippen LogP contribution in [0.1, 0.15) is 0 Å². The number of aromatic nitrogens is 1. The van der Waals surface area contributed by atoms with E-state index in [1.54, 1.807) is 0 Å². The maximum Gasteiger partial charge on any atom is 0.171 e. The summed E-state index contributed by atoms with van der Waals surface area (Å²) in [4.78, 5) is 1.92. The number of nitrogen functional groups attached to an aromatic ring is 1. The molecule has 1 aliphatic rings. The number of nitrogens with two attached hydrogens (primary N) is 1. The Labute approximate surface area is 113 Å². The fraction of sp³-hybridized carbons (Fsp3) is 0.308. The van der Waals surface area contributed by atoms with Gasteiger partial charge in [-0.05, 0) is 6.07 Å². The van der Waals surface area contributed by atoms with Crippen LogP contribution in [-0.2, 0) is 4.74 Å². The SMILES string of the molecule is Nc1cc(-c2cc(F)c(F)cc2N2CCOCC2)on1. The minimum absolute atomic E-state index is 0.192. The number of morpholine rings is 1. The molecule has 5 nitrogen and oxygen atoms in total. The van der Waals surface area contributed by atoms with Crippen LogP contribution < -0.4 is 10.6 Å².